The van der Waals surface area contributed by atoms with E-state index in [1.54, 1.807) is 0 Å². The standard InChI is InChI=1S/C20H30N2O2/c1-2-15-7-9-16(10-8-15)20(24)21-17-11-13-22(14-12-17)18-5-3-4-6-19(18)23/h7-10,17-19,23H,2-6,11-14H2,1H3,(H,21,24). The van der Waals surface area contributed by atoms with Gasteiger partial charge in [0.1, 0.15) is 0 Å². The Hall–Kier alpha value is -1.39. The second-order valence-corrected chi connectivity index (χ2v) is 7.25. The quantitative estimate of drug-likeness (QED) is 0.892. The lowest BCUT2D eigenvalue weighted by Crippen LogP contribution is -2.52. The molecule has 0 radical (unpaired) electrons. The molecule has 2 fully saturated rings. The highest BCUT2D eigenvalue weighted by molar-refractivity contribution is 5.94. The summed E-state index contributed by atoms with van der Waals surface area (Å²) in [5.74, 6) is 0.0359. The lowest BCUT2D eigenvalue weighted by atomic mass is 9.89. The number of nitrogens with zero attached hydrogens (tertiary/aromatic N) is 1. The highest BCUT2D eigenvalue weighted by Gasteiger charge is 2.31. The molecule has 1 saturated heterocycles. The summed E-state index contributed by atoms with van der Waals surface area (Å²) in [5, 5.41) is 13.4. The van der Waals surface area contributed by atoms with Crippen LogP contribution in [0.2, 0.25) is 0 Å². The molecule has 1 saturated carbocycles. The third kappa shape index (κ3) is 4.17. The minimum atomic E-state index is -0.165. The number of rotatable bonds is 4. The number of carbonyl (C=O) groups is 1. The molecule has 1 heterocycles. The first kappa shape index (κ1) is 17.4. The van der Waals surface area contributed by atoms with Gasteiger partial charge in [0.05, 0.1) is 6.10 Å². The van der Waals surface area contributed by atoms with Gasteiger partial charge in [-0.1, -0.05) is 31.9 Å². The highest BCUT2D eigenvalue weighted by Crippen LogP contribution is 2.26. The molecule has 1 aromatic rings. The van der Waals surface area contributed by atoms with Crippen molar-refractivity contribution in [1.29, 1.82) is 0 Å². The molecular formula is C20H30N2O2. The summed E-state index contributed by atoms with van der Waals surface area (Å²) >= 11 is 0. The molecule has 1 aromatic carbocycles. The molecule has 4 heteroatoms. The van der Waals surface area contributed by atoms with Gasteiger partial charge in [0, 0.05) is 30.7 Å². The average molecular weight is 330 g/mol. The van der Waals surface area contributed by atoms with Crippen LogP contribution in [0.3, 0.4) is 0 Å². The van der Waals surface area contributed by atoms with E-state index in [-0.39, 0.29) is 18.1 Å². The summed E-state index contributed by atoms with van der Waals surface area (Å²) in [6.45, 7) is 4.06. The molecule has 24 heavy (non-hydrogen) atoms. The summed E-state index contributed by atoms with van der Waals surface area (Å²) in [4.78, 5) is 14.8. The highest BCUT2D eigenvalue weighted by atomic mass is 16.3. The zero-order valence-electron chi connectivity index (χ0n) is 14.7. The number of carbonyl (C=O) groups excluding carboxylic acids is 1. The summed E-state index contributed by atoms with van der Waals surface area (Å²) < 4.78 is 0. The molecule has 2 aliphatic rings. The molecule has 0 spiro atoms. The van der Waals surface area contributed by atoms with Crippen LogP contribution in [0.1, 0.15) is 61.4 Å². The van der Waals surface area contributed by atoms with Gasteiger partial charge in [-0.3, -0.25) is 9.69 Å². The molecule has 0 bridgehead atoms. The summed E-state index contributed by atoms with van der Waals surface area (Å²) in [6.07, 6.45) is 7.21. The SMILES string of the molecule is CCc1ccc(C(=O)NC2CCN(C3CCCCC3O)CC2)cc1. The van der Waals surface area contributed by atoms with Gasteiger partial charge in [-0.2, -0.15) is 0 Å². The van der Waals surface area contributed by atoms with Crippen molar-refractivity contribution in [3.8, 4) is 0 Å². The van der Waals surface area contributed by atoms with Gasteiger partial charge in [0.2, 0.25) is 0 Å². The number of likely N-dealkylation sites (tertiary alicyclic amines) is 1. The first-order chi connectivity index (χ1) is 11.7. The lowest BCUT2D eigenvalue weighted by Gasteiger charge is -2.41. The third-order valence-corrected chi connectivity index (χ3v) is 5.65. The van der Waals surface area contributed by atoms with Gasteiger partial charge in [-0.25, -0.2) is 0 Å². The normalized spacial score (nSPS) is 26.2. The summed E-state index contributed by atoms with van der Waals surface area (Å²) in [6, 6.07) is 8.48. The molecule has 0 aromatic heterocycles. The Morgan fingerprint density at radius 3 is 2.42 bits per heavy atom. The van der Waals surface area contributed by atoms with E-state index in [9.17, 15) is 9.90 Å². The number of nitrogens with one attached hydrogen (secondary N) is 1. The molecule has 2 atom stereocenters. The maximum atomic E-state index is 12.4. The van der Waals surface area contributed by atoms with E-state index in [2.05, 4.69) is 17.1 Å². The Kier molecular flexibility index (Phi) is 5.90. The summed E-state index contributed by atoms with van der Waals surface area (Å²) in [5.41, 5.74) is 2.00. The maximum absolute atomic E-state index is 12.4. The van der Waals surface area contributed by atoms with Gasteiger partial charge < -0.3 is 10.4 Å². The van der Waals surface area contributed by atoms with Crippen molar-refractivity contribution >= 4 is 5.91 Å². The molecule has 1 aliphatic heterocycles. The second-order valence-electron chi connectivity index (χ2n) is 7.25. The fourth-order valence-corrected chi connectivity index (χ4v) is 4.05. The van der Waals surface area contributed by atoms with Crippen LogP contribution in [0.4, 0.5) is 0 Å². The van der Waals surface area contributed by atoms with E-state index in [1.165, 1.54) is 12.0 Å². The number of aliphatic hydroxyl groups excluding tert-OH is 1. The van der Waals surface area contributed by atoms with E-state index in [0.29, 0.717) is 6.04 Å². The van der Waals surface area contributed by atoms with Crippen molar-refractivity contribution in [2.45, 2.75) is 70.1 Å². The molecule has 132 valence electrons. The van der Waals surface area contributed by atoms with E-state index in [4.69, 9.17) is 0 Å². The van der Waals surface area contributed by atoms with Crippen LogP contribution in [0.5, 0.6) is 0 Å². The zero-order valence-corrected chi connectivity index (χ0v) is 14.7. The largest absolute Gasteiger partial charge is 0.391 e. The van der Waals surface area contributed by atoms with Gasteiger partial charge >= 0.3 is 0 Å². The first-order valence-electron chi connectivity index (χ1n) is 9.49. The number of hydrogen-bond acceptors (Lipinski definition) is 3. The van der Waals surface area contributed by atoms with Crippen LogP contribution < -0.4 is 5.32 Å². The third-order valence-electron chi connectivity index (χ3n) is 5.65. The average Bonchev–Trinajstić information content (AvgIpc) is 2.63. The Bertz CT molecular complexity index is 535. The van der Waals surface area contributed by atoms with Crippen LogP contribution in [0.15, 0.2) is 24.3 Å². The van der Waals surface area contributed by atoms with E-state index >= 15 is 0 Å². The molecular weight excluding hydrogens is 300 g/mol. The number of benzene rings is 1. The first-order valence-corrected chi connectivity index (χ1v) is 9.49. The number of piperidine rings is 1. The summed E-state index contributed by atoms with van der Waals surface area (Å²) in [7, 11) is 0. The van der Waals surface area contributed by atoms with Crippen molar-refractivity contribution in [3.63, 3.8) is 0 Å². The minimum absolute atomic E-state index is 0.0359. The van der Waals surface area contributed by atoms with E-state index < -0.39 is 0 Å². The maximum Gasteiger partial charge on any atom is 0.251 e. The Morgan fingerprint density at radius 2 is 1.79 bits per heavy atom. The van der Waals surface area contributed by atoms with Crippen molar-refractivity contribution in [2.75, 3.05) is 13.1 Å². The van der Waals surface area contributed by atoms with Gasteiger partial charge in [-0.05, 0) is 49.8 Å². The van der Waals surface area contributed by atoms with E-state index in [0.717, 1.165) is 57.2 Å². The molecule has 3 rings (SSSR count). The minimum Gasteiger partial charge on any atom is -0.391 e. The Morgan fingerprint density at radius 1 is 1.12 bits per heavy atom. The number of hydrogen-bond donors (Lipinski definition) is 2. The Balaban J connectivity index is 1.48. The van der Waals surface area contributed by atoms with Crippen LogP contribution >= 0.6 is 0 Å². The number of aliphatic hydroxyl groups is 1. The molecule has 1 amide bonds. The predicted molar refractivity (Wildman–Crippen MR) is 96.1 cm³/mol. The van der Waals surface area contributed by atoms with Crippen LogP contribution in [-0.2, 0) is 6.42 Å². The zero-order chi connectivity index (χ0) is 16.9. The van der Waals surface area contributed by atoms with Crippen molar-refractivity contribution in [1.82, 2.24) is 10.2 Å². The number of amides is 1. The second kappa shape index (κ2) is 8.13. The van der Waals surface area contributed by atoms with Crippen molar-refractivity contribution < 1.29 is 9.90 Å². The fourth-order valence-electron chi connectivity index (χ4n) is 4.05. The van der Waals surface area contributed by atoms with Gasteiger partial charge in [0.15, 0.2) is 0 Å². The number of aryl methyl sites for hydroxylation is 1. The molecule has 2 unspecified atom stereocenters. The lowest BCUT2D eigenvalue weighted by molar-refractivity contribution is 0.00727. The fraction of sp³-hybridized carbons (Fsp3) is 0.650. The van der Waals surface area contributed by atoms with Crippen LogP contribution in [0.25, 0.3) is 0 Å². The monoisotopic (exact) mass is 330 g/mol. The Labute approximate surface area is 145 Å². The van der Waals surface area contributed by atoms with Gasteiger partial charge in [0.25, 0.3) is 5.91 Å². The molecule has 1 aliphatic carbocycles. The molecule has 4 nitrogen and oxygen atoms in total. The van der Waals surface area contributed by atoms with Crippen molar-refractivity contribution in [3.05, 3.63) is 35.4 Å². The van der Waals surface area contributed by atoms with Crippen molar-refractivity contribution in [2.24, 2.45) is 0 Å². The van der Waals surface area contributed by atoms with Gasteiger partial charge in [-0.15, -0.1) is 0 Å². The molecule has 2 N–H and O–H groups in total. The topological polar surface area (TPSA) is 52.6 Å². The van der Waals surface area contributed by atoms with Crippen LogP contribution in [0, 0.1) is 0 Å². The van der Waals surface area contributed by atoms with E-state index in [1.807, 2.05) is 24.3 Å². The van der Waals surface area contributed by atoms with Crippen LogP contribution in [-0.4, -0.2) is 47.2 Å². The smallest absolute Gasteiger partial charge is 0.251 e. The predicted octanol–water partition coefficient (Wildman–Crippen LogP) is 2.75.